The van der Waals surface area contributed by atoms with Crippen LogP contribution >= 0.6 is 0 Å². The third-order valence-electron chi connectivity index (χ3n) is 2.92. The smallest absolute Gasteiger partial charge is 0.220 e. The average molecular weight is 251 g/mol. The van der Waals surface area contributed by atoms with Gasteiger partial charge in [-0.05, 0) is 25.8 Å². The zero-order chi connectivity index (χ0) is 12.6. The Balaban J connectivity index is 1.80. The Kier molecular flexibility index (Phi) is 5.20. The molecule has 0 aliphatic carbocycles. The predicted octanol–water partition coefficient (Wildman–Crippen LogP) is 1.79. The summed E-state index contributed by atoms with van der Waals surface area (Å²) in [5.74, 6) is 1.17. The molecular weight excluding hydrogens is 230 g/mol. The van der Waals surface area contributed by atoms with Crippen molar-refractivity contribution in [2.24, 2.45) is 0 Å². The van der Waals surface area contributed by atoms with Crippen molar-refractivity contribution in [3.05, 3.63) is 12.4 Å². The molecule has 5 heteroatoms. The van der Waals surface area contributed by atoms with Crippen molar-refractivity contribution < 1.29 is 9.47 Å². The molecule has 100 valence electrons. The van der Waals surface area contributed by atoms with Crippen molar-refractivity contribution in [3.63, 3.8) is 0 Å². The summed E-state index contributed by atoms with van der Waals surface area (Å²) in [6.07, 6.45) is 6.15. The minimum Gasteiger partial charge on any atom is -0.478 e. The van der Waals surface area contributed by atoms with Crippen LogP contribution in [0.5, 0.6) is 11.8 Å². The maximum absolute atomic E-state index is 5.67. The van der Waals surface area contributed by atoms with Crippen molar-refractivity contribution >= 4 is 0 Å². The van der Waals surface area contributed by atoms with Crippen molar-refractivity contribution in [1.82, 2.24) is 15.3 Å². The quantitative estimate of drug-likeness (QED) is 0.835. The summed E-state index contributed by atoms with van der Waals surface area (Å²) in [4.78, 5) is 8.13. The maximum Gasteiger partial charge on any atom is 0.220 e. The van der Waals surface area contributed by atoms with E-state index in [9.17, 15) is 0 Å². The van der Waals surface area contributed by atoms with Gasteiger partial charge in [-0.25, -0.2) is 9.97 Å². The fourth-order valence-corrected chi connectivity index (χ4v) is 1.94. The second kappa shape index (κ2) is 7.16. The van der Waals surface area contributed by atoms with Gasteiger partial charge in [-0.2, -0.15) is 0 Å². The van der Waals surface area contributed by atoms with E-state index in [1.807, 2.05) is 0 Å². The summed E-state index contributed by atoms with van der Waals surface area (Å²) in [6.45, 7) is 4.47. The average Bonchev–Trinajstić information content (AvgIpc) is 2.44. The van der Waals surface area contributed by atoms with Gasteiger partial charge in [0.05, 0.1) is 12.7 Å². The number of aromatic nitrogens is 2. The summed E-state index contributed by atoms with van der Waals surface area (Å²) in [5.41, 5.74) is 0. The molecule has 5 nitrogen and oxygen atoms in total. The topological polar surface area (TPSA) is 56.3 Å². The highest BCUT2D eigenvalue weighted by molar-refractivity contribution is 5.18. The van der Waals surface area contributed by atoms with Gasteiger partial charge in [0.25, 0.3) is 0 Å². The van der Waals surface area contributed by atoms with Crippen LogP contribution in [0.3, 0.4) is 0 Å². The molecular formula is C13H21N3O2. The van der Waals surface area contributed by atoms with E-state index in [0.717, 1.165) is 13.0 Å². The molecule has 2 heterocycles. The minimum absolute atomic E-state index is 0.439. The fraction of sp³-hybridized carbons (Fsp3) is 0.692. The largest absolute Gasteiger partial charge is 0.478 e. The van der Waals surface area contributed by atoms with E-state index in [0.29, 0.717) is 31.0 Å². The Bertz CT molecular complexity index is 354. The summed E-state index contributed by atoms with van der Waals surface area (Å²) in [7, 11) is 0. The van der Waals surface area contributed by atoms with Crippen molar-refractivity contribution in [2.45, 2.75) is 38.6 Å². The van der Waals surface area contributed by atoms with Crippen LogP contribution in [0.1, 0.15) is 32.6 Å². The van der Waals surface area contributed by atoms with Gasteiger partial charge in [0.2, 0.25) is 11.8 Å². The first-order valence-corrected chi connectivity index (χ1v) is 6.69. The predicted molar refractivity (Wildman–Crippen MR) is 69.0 cm³/mol. The molecule has 1 saturated heterocycles. The van der Waals surface area contributed by atoms with Crippen LogP contribution in [0.15, 0.2) is 12.4 Å². The van der Waals surface area contributed by atoms with Gasteiger partial charge in [0.1, 0.15) is 12.9 Å². The zero-order valence-electron chi connectivity index (χ0n) is 10.9. The molecule has 18 heavy (non-hydrogen) atoms. The molecule has 0 bridgehead atoms. The van der Waals surface area contributed by atoms with Gasteiger partial charge in [0, 0.05) is 6.04 Å². The Morgan fingerprint density at radius 2 is 2.11 bits per heavy atom. The van der Waals surface area contributed by atoms with Gasteiger partial charge in [-0.1, -0.05) is 13.3 Å². The maximum atomic E-state index is 5.67. The number of hydrogen-bond acceptors (Lipinski definition) is 5. The first-order chi connectivity index (χ1) is 8.88. The van der Waals surface area contributed by atoms with Gasteiger partial charge >= 0.3 is 0 Å². The van der Waals surface area contributed by atoms with E-state index >= 15 is 0 Å². The van der Waals surface area contributed by atoms with Crippen LogP contribution < -0.4 is 14.8 Å². The van der Waals surface area contributed by atoms with Crippen LogP contribution in [0, 0.1) is 0 Å². The molecule has 1 fully saturated rings. The van der Waals surface area contributed by atoms with Crippen molar-refractivity contribution in [3.8, 4) is 11.8 Å². The van der Waals surface area contributed by atoms with E-state index < -0.39 is 0 Å². The molecule has 1 aliphatic heterocycles. The summed E-state index contributed by atoms with van der Waals surface area (Å²) >= 11 is 0. The van der Waals surface area contributed by atoms with Crippen LogP contribution in [0.4, 0.5) is 0 Å². The Morgan fingerprint density at radius 1 is 1.28 bits per heavy atom. The van der Waals surface area contributed by atoms with Crippen LogP contribution in [0.2, 0.25) is 0 Å². The number of ether oxygens (including phenoxy) is 2. The third kappa shape index (κ3) is 4.14. The lowest BCUT2D eigenvalue weighted by molar-refractivity contribution is 0.229. The van der Waals surface area contributed by atoms with Crippen LogP contribution in [0.25, 0.3) is 0 Å². The summed E-state index contributed by atoms with van der Waals surface area (Å²) in [6, 6.07) is 2.19. The van der Waals surface area contributed by atoms with E-state index in [1.165, 1.54) is 25.6 Å². The zero-order valence-corrected chi connectivity index (χ0v) is 10.9. The van der Waals surface area contributed by atoms with Crippen LogP contribution in [-0.2, 0) is 0 Å². The Labute approximate surface area is 108 Å². The molecule has 1 N–H and O–H groups in total. The molecule has 1 unspecified atom stereocenters. The Morgan fingerprint density at radius 3 is 2.83 bits per heavy atom. The van der Waals surface area contributed by atoms with Gasteiger partial charge in [0.15, 0.2) is 0 Å². The number of piperidine rings is 1. The second-order valence-electron chi connectivity index (χ2n) is 4.50. The molecule has 1 aromatic heterocycles. The van der Waals surface area contributed by atoms with E-state index in [4.69, 9.17) is 9.47 Å². The summed E-state index contributed by atoms with van der Waals surface area (Å²) < 4.78 is 11.1. The fourth-order valence-electron chi connectivity index (χ4n) is 1.94. The van der Waals surface area contributed by atoms with Gasteiger partial charge in [-0.15, -0.1) is 0 Å². The van der Waals surface area contributed by atoms with E-state index in [-0.39, 0.29) is 0 Å². The van der Waals surface area contributed by atoms with Gasteiger partial charge < -0.3 is 14.8 Å². The molecule has 0 radical (unpaired) electrons. The Hall–Kier alpha value is -1.36. The lowest BCUT2D eigenvalue weighted by Crippen LogP contribution is -2.38. The number of nitrogens with one attached hydrogen (secondary N) is 1. The second-order valence-corrected chi connectivity index (χ2v) is 4.50. The number of rotatable bonds is 6. The van der Waals surface area contributed by atoms with Crippen LogP contribution in [-0.4, -0.2) is 35.8 Å². The molecule has 0 aromatic carbocycles. The van der Waals surface area contributed by atoms with E-state index in [2.05, 4.69) is 22.2 Å². The highest BCUT2D eigenvalue weighted by Gasteiger charge is 2.13. The third-order valence-corrected chi connectivity index (χ3v) is 2.92. The molecule has 1 atom stereocenters. The summed E-state index contributed by atoms with van der Waals surface area (Å²) in [5, 5.41) is 3.44. The number of hydrogen-bond donors (Lipinski definition) is 1. The SMILES string of the molecule is CCCOc1cc(OCC2CCCCN2)ncn1. The standard InChI is InChI=1S/C13H21N3O2/c1-2-7-17-12-8-13(16-10-15-12)18-9-11-5-3-4-6-14-11/h8,10-11,14H,2-7,9H2,1H3. The molecule has 1 aliphatic rings. The molecule has 0 spiro atoms. The first-order valence-electron chi connectivity index (χ1n) is 6.69. The van der Waals surface area contributed by atoms with Crippen molar-refractivity contribution in [2.75, 3.05) is 19.8 Å². The number of nitrogens with zero attached hydrogens (tertiary/aromatic N) is 2. The molecule has 2 rings (SSSR count). The monoisotopic (exact) mass is 251 g/mol. The highest BCUT2D eigenvalue weighted by atomic mass is 16.5. The molecule has 0 saturated carbocycles. The minimum atomic E-state index is 0.439. The molecule has 1 aromatic rings. The lowest BCUT2D eigenvalue weighted by Gasteiger charge is -2.23. The van der Waals surface area contributed by atoms with Crippen molar-refractivity contribution in [1.29, 1.82) is 0 Å². The molecule has 0 amide bonds. The van der Waals surface area contributed by atoms with E-state index in [1.54, 1.807) is 6.07 Å². The van der Waals surface area contributed by atoms with Gasteiger partial charge in [-0.3, -0.25) is 0 Å². The first kappa shape index (κ1) is 13.1. The highest BCUT2D eigenvalue weighted by Crippen LogP contribution is 2.14. The normalized spacial score (nSPS) is 19.5. The lowest BCUT2D eigenvalue weighted by atomic mass is 10.1.